The van der Waals surface area contributed by atoms with E-state index in [1.807, 2.05) is 12.1 Å². The number of anilines is 1. The maximum absolute atomic E-state index is 12.8. The Kier molecular flexibility index (Phi) is 7.20. The van der Waals surface area contributed by atoms with Gasteiger partial charge in [0.2, 0.25) is 0 Å². The van der Waals surface area contributed by atoms with Gasteiger partial charge >= 0.3 is 0 Å². The summed E-state index contributed by atoms with van der Waals surface area (Å²) in [6.07, 6.45) is 2.09. The number of carbonyl (C=O) groups is 3. The van der Waals surface area contributed by atoms with E-state index < -0.39 is 0 Å². The molecule has 174 valence electrons. The van der Waals surface area contributed by atoms with Crippen LogP contribution in [0.15, 0.2) is 66.7 Å². The fourth-order valence-corrected chi connectivity index (χ4v) is 3.93. The van der Waals surface area contributed by atoms with Crippen LogP contribution >= 0.6 is 23.2 Å². The first-order chi connectivity index (χ1) is 16.3. The minimum absolute atomic E-state index is 0.0656. The van der Waals surface area contributed by atoms with Crippen LogP contribution in [0.4, 0.5) is 5.69 Å². The quantitative estimate of drug-likeness (QED) is 0.459. The number of hydrogen-bond acceptors (Lipinski definition) is 3. The van der Waals surface area contributed by atoms with E-state index in [1.54, 1.807) is 54.4 Å². The summed E-state index contributed by atoms with van der Waals surface area (Å²) in [4.78, 5) is 39.0. The van der Waals surface area contributed by atoms with Crippen LogP contribution in [0.5, 0.6) is 0 Å². The van der Waals surface area contributed by atoms with E-state index in [9.17, 15) is 14.4 Å². The number of carbonyl (C=O) groups excluding carboxylic acids is 3. The topological polar surface area (TPSA) is 78.5 Å². The minimum atomic E-state index is -0.352. The predicted molar refractivity (Wildman–Crippen MR) is 134 cm³/mol. The maximum atomic E-state index is 12.8. The van der Waals surface area contributed by atoms with Gasteiger partial charge < -0.3 is 15.5 Å². The molecule has 0 unspecified atom stereocenters. The van der Waals surface area contributed by atoms with Crippen molar-refractivity contribution in [2.45, 2.75) is 25.4 Å². The first-order valence-electron chi connectivity index (χ1n) is 10.8. The summed E-state index contributed by atoms with van der Waals surface area (Å²) in [6, 6.07) is 18.8. The SMILES string of the molecule is CN(Cc1ccc(C(=O)NC2CC2)cc1)C(=O)c1ccc(NC(=O)c2cc(Cl)cc(Cl)c2)cc1. The van der Waals surface area contributed by atoms with Gasteiger partial charge in [0.05, 0.1) is 0 Å². The molecular formula is C26H23Cl2N3O3. The standard InChI is InChI=1S/C26H23Cl2N3O3/c1-31(15-16-2-4-17(5-3-16)24(32)29-23-10-11-23)26(34)18-6-8-22(9-7-18)30-25(33)19-12-20(27)14-21(28)13-19/h2-9,12-14,23H,10-11,15H2,1H3,(H,29,32)(H,30,33). The van der Waals surface area contributed by atoms with Crippen LogP contribution < -0.4 is 10.6 Å². The third-order valence-electron chi connectivity index (χ3n) is 5.41. The molecule has 0 heterocycles. The molecule has 2 N–H and O–H groups in total. The number of amides is 3. The second kappa shape index (κ2) is 10.3. The van der Waals surface area contributed by atoms with Crippen LogP contribution in [0.2, 0.25) is 10.0 Å². The third kappa shape index (κ3) is 6.16. The van der Waals surface area contributed by atoms with E-state index in [-0.39, 0.29) is 17.7 Å². The normalized spacial score (nSPS) is 12.7. The van der Waals surface area contributed by atoms with Crippen molar-refractivity contribution in [2.75, 3.05) is 12.4 Å². The highest BCUT2D eigenvalue weighted by molar-refractivity contribution is 6.35. The van der Waals surface area contributed by atoms with Gasteiger partial charge in [-0.15, -0.1) is 0 Å². The molecule has 3 aromatic carbocycles. The summed E-state index contributed by atoms with van der Waals surface area (Å²) < 4.78 is 0. The van der Waals surface area contributed by atoms with Gasteiger partial charge in [-0.1, -0.05) is 35.3 Å². The van der Waals surface area contributed by atoms with Crippen LogP contribution in [-0.2, 0) is 6.54 Å². The molecule has 4 rings (SSSR count). The average molecular weight is 496 g/mol. The summed E-state index contributed by atoms with van der Waals surface area (Å²) in [5.74, 6) is -0.575. The Hall–Kier alpha value is -3.35. The number of nitrogens with zero attached hydrogens (tertiary/aromatic N) is 1. The van der Waals surface area contributed by atoms with E-state index in [2.05, 4.69) is 10.6 Å². The largest absolute Gasteiger partial charge is 0.349 e. The molecule has 8 heteroatoms. The van der Waals surface area contributed by atoms with Crippen molar-refractivity contribution in [3.8, 4) is 0 Å². The lowest BCUT2D eigenvalue weighted by molar-refractivity contribution is 0.0784. The minimum Gasteiger partial charge on any atom is -0.349 e. The molecule has 0 spiro atoms. The lowest BCUT2D eigenvalue weighted by atomic mass is 10.1. The number of rotatable bonds is 7. The summed E-state index contributed by atoms with van der Waals surface area (Å²) in [5.41, 5.74) is 2.91. The number of nitrogens with one attached hydrogen (secondary N) is 2. The molecule has 0 saturated heterocycles. The Morgan fingerprint density at radius 3 is 2.00 bits per heavy atom. The summed E-state index contributed by atoms with van der Waals surface area (Å²) in [6.45, 7) is 0.400. The first-order valence-corrected chi connectivity index (χ1v) is 11.6. The van der Waals surface area contributed by atoms with Crippen molar-refractivity contribution in [1.29, 1.82) is 0 Å². The molecule has 6 nitrogen and oxygen atoms in total. The molecule has 1 fully saturated rings. The lowest BCUT2D eigenvalue weighted by Gasteiger charge is -2.18. The molecule has 0 radical (unpaired) electrons. The Balaban J connectivity index is 1.34. The number of benzene rings is 3. The van der Waals surface area contributed by atoms with Crippen LogP contribution in [-0.4, -0.2) is 35.7 Å². The van der Waals surface area contributed by atoms with Gasteiger partial charge in [-0.25, -0.2) is 0 Å². The first kappa shape index (κ1) is 23.8. The van der Waals surface area contributed by atoms with Crippen LogP contribution in [0.25, 0.3) is 0 Å². The Morgan fingerprint density at radius 2 is 1.41 bits per heavy atom. The van der Waals surface area contributed by atoms with Gasteiger partial charge in [-0.3, -0.25) is 14.4 Å². The predicted octanol–water partition coefficient (Wildman–Crippen LogP) is 5.41. The van der Waals surface area contributed by atoms with E-state index >= 15 is 0 Å². The highest BCUT2D eigenvalue weighted by Gasteiger charge is 2.23. The molecule has 0 aliphatic heterocycles. The number of halogens is 2. The van der Waals surface area contributed by atoms with Crippen LogP contribution in [0.3, 0.4) is 0 Å². The van der Waals surface area contributed by atoms with Gasteiger partial charge in [0.15, 0.2) is 0 Å². The summed E-state index contributed by atoms with van der Waals surface area (Å²) in [5, 5.41) is 6.47. The van der Waals surface area contributed by atoms with Gasteiger partial charge in [0, 0.05) is 52.1 Å². The smallest absolute Gasteiger partial charge is 0.255 e. The van der Waals surface area contributed by atoms with Crippen molar-refractivity contribution in [2.24, 2.45) is 0 Å². The molecule has 1 saturated carbocycles. The van der Waals surface area contributed by atoms with Crippen molar-refractivity contribution in [3.05, 3.63) is 99.0 Å². The molecule has 0 atom stereocenters. The molecule has 0 bridgehead atoms. The summed E-state index contributed by atoms with van der Waals surface area (Å²) >= 11 is 11.9. The molecule has 1 aliphatic carbocycles. The van der Waals surface area contributed by atoms with Gasteiger partial charge in [-0.2, -0.15) is 0 Å². The fourth-order valence-electron chi connectivity index (χ4n) is 3.41. The molecule has 1 aliphatic rings. The van der Waals surface area contributed by atoms with Crippen molar-refractivity contribution >= 4 is 46.6 Å². The molecule has 3 aromatic rings. The average Bonchev–Trinajstić information content (AvgIpc) is 3.63. The van der Waals surface area contributed by atoms with E-state index in [1.165, 1.54) is 12.1 Å². The summed E-state index contributed by atoms with van der Waals surface area (Å²) in [7, 11) is 1.72. The van der Waals surface area contributed by atoms with Gasteiger partial charge in [0.1, 0.15) is 0 Å². The third-order valence-corrected chi connectivity index (χ3v) is 5.85. The van der Waals surface area contributed by atoms with Crippen molar-refractivity contribution < 1.29 is 14.4 Å². The number of hydrogen-bond donors (Lipinski definition) is 2. The second-order valence-electron chi connectivity index (χ2n) is 8.30. The second-order valence-corrected chi connectivity index (χ2v) is 9.17. The Morgan fingerprint density at radius 1 is 0.824 bits per heavy atom. The highest BCUT2D eigenvalue weighted by atomic mass is 35.5. The molecule has 0 aromatic heterocycles. The van der Waals surface area contributed by atoms with Gasteiger partial charge in [-0.05, 0) is 73.0 Å². The Labute approximate surface area is 207 Å². The monoisotopic (exact) mass is 495 g/mol. The van der Waals surface area contributed by atoms with E-state index in [0.717, 1.165) is 18.4 Å². The van der Waals surface area contributed by atoms with Crippen molar-refractivity contribution in [3.63, 3.8) is 0 Å². The molecule has 3 amide bonds. The molecule has 34 heavy (non-hydrogen) atoms. The van der Waals surface area contributed by atoms with Crippen molar-refractivity contribution in [1.82, 2.24) is 10.2 Å². The zero-order valence-corrected chi connectivity index (χ0v) is 20.0. The van der Waals surface area contributed by atoms with Gasteiger partial charge in [0.25, 0.3) is 17.7 Å². The fraction of sp³-hybridized carbons (Fsp3) is 0.192. The van der Waals surface area contributed by atoms with E-state index in [0.29, 0.717) is 45.0 Å². The van der Waals surface area contributed by atoms with Crippen LogP contribution in [0, 0.1) is 0 Å². The lowest BCUT2D eigenvalue weighted by Crippen LogP contribution is -2.27. The Bertz CT molecular complexity index is 1200. The van der Waals surface area contributed by atoms with Crippen LogP contribution in [0.1, 0.15) is 49.5 Å². The zero-order valence-electron chi connectivity index (χ0n) is 18.5. The van der Waals surface area contributed by atoms with E-state index in [4.69, 9.17) is 23.2 Å². The maximum Gasteiger partial charge on any atom is 0.255 e. The molecular weight excluding hydrogens is 473 g/mol. The zero-order chi connectivity index (χ0) is 24.2. The highest BCUT2D eigenvalue weighted by Crippen LogP contribution is 2.21.